The van der Waals surface area contributed by atoms with Gasteiger partial charge in [0, 0.05) is 37.5 Å². The second kappa shape index (κ2) is 9.38. The van der Waals surface area contributed by atoms with E-state index in [-0.39, 0.29) is 5.91 Å². The lowest BCUT2D eigenvalue weighted by Crippen LogP contribution is -2.38. The van der Waals surface area contributed by atoms with Crippen LogP contribution in [0.3, 0.4) is 0 Å². The van der Waals surface area contributed by atoms with Crippen molar-refractivity contribution in [2.75, 3.05) is 13.1 Å². The highest BCUT2D eigenvalue weighted by Gasteiger charge is 2.23. The number of rotatable bonds is 6. The first kappa shape index (κ1) is 21.2. The topological polar surface area (TPSA) is 103 Å². The molecule has 0 saturated carbocycles. The number of benzene rings is 1. The van der Waals surface area contributed by atoms with Gasteiger partial charge in [0.05, 0.1) is 6.54 Å². The minimum Gasteiger partial charge on any atom is -0.426 e. The first-order chi connectivity index (χ1) is 15.0. The molecule has 0 unspecified atom stereocenters. The molecular weight excluding hydrogens is 418 g/mol. The second-order valence-electron chi connectivity index (χ2n) is 7.70. The highest BCUT2D eigenvalue weighted by atomic mass is 35.5. The van der Waals surface area contributed by atoms with Gasteiger partial charge in [-0.25, -0.2) is 0 Å². The third-order valence-electron chi connectivity index (χ3n) is 5.36. The lowest BCUT2D eigenvalue weighted by atomic mass is 9.93. The van der Waals surface area contributed by atoms with E-state index in [1.54, 1.807) is 32.1 Å². The minimum absolute atomic E-state index is 0.0207. The first-order valence-corrected chi connectivity index (χ1v) is 10.6. The molecule has 0 bridgehead atoms. The van der Waals surface area contributed by atoms with Gasteiger partial charge in [-0.2, -0.15) is 4.80 Å². The van der Waals surface area contributed by atoms with Gasteiger partial charge in [-0.05, 0) is 54.2 Å². The summed E-state index contributed by atoms with van der Waals surface area (Å²) >= 11 is 6.41. The zero-order valence-electron chi connectivity index (χ0n) is 17.5. The third-order valence-corrected chi connectivity index (χ3v) is 5.69. The molecule has 9 nitrogen and oxygen atoms in total. The number of aryl methyl sites for hydroxylation is 2. The minimum atomic E-state index is -0.0207. The molecule has 0 radical (unpaired) electrons. The molecule has 1 aromatic carbocycles. The van der Waals surface area contributed by atoms with Crippen LogP contribution in [0.25, 0.3) is 6.08 Å². The molecule has 31 heavy (non-hydrogen) atoms. The van der Waals surface area contributed by atoms with Crippen LogP contribution in [0.5, 0.6) is 0 Å². The number of hydrogen-bond donors (Lipinski definition) is 0. The molecule has 1 aliphatic rings. The standard InChI is InChI=1S/C21H24ClN7O2/c1-14-23-27-29(26-14)13-17-4-3-5-19(22)18(17)6-7-21(30)28-10-8-16(9-11-28)12-20-25-24-15(2)31-20/h3-7,16H,8-13H2,1-2H3. The quantitative estimate of drug-likeness (QED) is 0.542. The predicted molar refractivity (Wildman–Crippen MR) is 114 cm³/mol. The fraction of sp³-hybridized carbons (Fsp3) is 0.429. The zero-order chi connectivity index (χ0) is 21.8. The van der Waals surface area contributed by atoms with Crippen molar-refractivity contribution in [2.24, 2.45) is 5.92 Å². The highest BCUT2D eigenvalue weighted by Crippen LogP contribution is 2.24. The van der Waals surface area contributed by atoms with E-state index in [1.807, 2.05) is 17.0 Å². The molecule has 1 amide bonds. The van der Waals surface area contributed by atoms with E-state index < -0.39 is 0 Å². The lowest BCUT2D eigenvalue weighted by Gasteiger charge is -2.30. The first-order valence-electron chi connectivity index (χ1n) is 10.3. The van der Waals surface area contributed by atoms with Crippen LogP contribution in [-0.2, 0) is 17.8 Å². The van der Waals surface area contributed by atoms with Crippen molar-refractivity contribution >= 4 is 23.6 Å². The summed E-state index contributed by atoms with van der Waals surface area (Å²) in [4.78, 5) is 16.1. The normalized spacial score (nSPS) is 15.1. The van der Waals surface area contributed by atoms with Crippen LogP contribution in [0, 0.1) is 19.8 Å². The summed E-state index contributed by atoms with van der Waals surface area (Å²) in [5.74, 6) is 2.29. The molecule has 1 saturated heterocycles. The molecule has 0 atom stereocenters. The number of amides is 1. The van der Waals surface area contributed by atoms with Crippen molar-refractivity contribution in [3.8, 4) is 0 Å². The van der Waals surface area contributed by atoms with Crippen molar-refractivity contribution in [2.45, 2.75) is 39.7 Å². The number of halogens is 1. The van der Waals surface area contributed by atoms with Gasteiger partial charge in [0.25, 0.3) is 0 Å². The van der Waals surface area contributed by atoms with Crippen molar-refractivity contribution in [3.05, 3.63) is 58.0 Å². The molecular formula is C21H24ClN7O2. The Kier molecular flexibility index (Phi) is 6.41. The van der Waals surface area contributed by atoms with Crippen LogP contribution >= 0.6 is 11.6 Å². The molecule has 162 valence electrons. The van der Waals surface area contributed by atoms with Crippen molar-refractivity contribution in [3.63, 3.8) is 0 Å². The summed E-state index contributed by atoms with van der Waals surface area (Å²) in [6.45, 7) is 5.41. The van der Waals surface area contributed by atoms with Gasteiger partial charge in [0.1, 0.15) is 0 Å². The summed E-state index contributed by atoms with van der Waals surface area (Å²) in [6, 6.07) is 5.62. The predicted octanol–water partition coefficient (Wildman–Crippen LogP) is 2.87. The maximum atomic E-state index is 12.7. The Hall–Kier alpha value is -3.07. The Bertz CT molecular complexity index is 1080. The number of piperidine rings is 1. The van der Waals surface area contributed by atoms with Crippen LogP contribution in [-0.4, -0.2) is 54.3 Å². The SMILES string of the molecule is Cc1nnn(Cc2cccc(Cl)c2C=CC(=O)N2CCC(Cc3nnc(C)o3)CC2)n1. The Morgan fingerprint density at radius 3 is 2.71 bits per heavy atom. The van der Waals surface area contributed by atoms with Crippen LogP contribution in [0.2, 0.25) is 5.02 Å². The summed E-state index contributed by atoms with van der Waals surface area (Å²) in [6.07, 6.45) is 5.95. The van der Waals surface area contributed by atoms with E-state index in [2.05, 4.69) is 25.6 Å². The maximum Gasteiger partial charge on any atom is 0.246 e. The summed E-state index contributed by atoms with van der Waals surface area (Å²) in [5.41, 5.74) is 1.71. The fourth-order valence-corrected chi connectivity index (χ4v) is 3.99. The maximum absolute atomic E-state index is 12.7. The number of carbonyl (C=O) groups is 1. The molecule has 4 rings (SSSR count). The van der Waals surface area contributed by atoms with E-state index in [1.165, 1.54) is 4.80 Å². The number of nitrogens with zero attached hydrogens (tertiary/aromatic N) is 7. The van der Waals surface area contributed by atoms with Gasteiger partial charge in [0.15, 0.2) is 5.82 Å². The van der Waals surface area contributed by atoms with E-state index >= 15 is 0 Å². The molecule has 1 fully saturated rings. The molecule has 3 aromatic rings. The van der Waals surface area contributed by atoms with Crippen LogP contribution in [0.4, 0.5) is 0 Å². The average Bonchev–Trinajstić information content (AvgIpc) is 3.35. The van der Waals surface area contributed by atoms with Gasteiger partial charge in [-0.1, -0.05) is 23.7 Å². The number of hydrogen-bond acceptors (Lipinski definition) is 7. The van der Waals surface area contributed by atoms with Crippen LogP contribution in [0.15, 0.2) is 28.7 Å². The number of aromatic nitrogens is 6. The van der Waals surface area contributed by atoms with E-state index in [4.69, 9.17) is 16.0 Å². The van der Waals surface area contributed by atoms with Gasteiger partial charge in [-0.15, -0.1) is 20.4 Å². The molecule has 2 aromatic heterocycles. The highest BCUT2D eigenvalue weighted by molar-refractivity contribution is 6.32. The number of carbonyl (C=O) groups excluding carboxylic acids is 1. The van der Waals surface area contributed by atoms with E-state index in [0.717, 1.165) is 30.4 Å². The zero-order valence-corrected chi connectivity index (χ0v) is 18.3. The molecule has 0 aliphatic carbocycles. The van der Waals surface area contributed by atoms with Gasteiger partial charge in [0.2, 0.25) is 17.7 Å². The largest absolute Gasteiger partial charge is 0.426 e. The lowest BCUT2D eigenvalue weighted by molar-refractivity contribution is -0.127. The van der Waals surface area contributed by atoms with Gasteiger partial charge >= 0.3 is 0 Å². The fourth-order valence-electron chi connectivity index (χ4n) is 3.73. The Morgan fingerprint density at radius 2 is 2.03 bits per heavy atom. The van der Waals surface area contributed by atoms with Crippen molar-refractivity contribution in [1.82, 2.24) is 35.3 Å². The average molecular weight is 442 g/mol. The Balaban J connectivity index is 1.37. The Morgan fingerprint density at radius 1 is 1.23 bits per heavy atom. The molecule has 10 heteroatoms. The monoisotopic (exact) mass is 441 g/mol. The van der Waals surface area contributed by atoms with E-state index in [9.17, 15) is 4.79 Å². The Labute approximate surface area is 185 Å². The van der Waals surface area contributed by atoms with Crippen LogP contribution in [0.1, 0.15) is 41.6 Å². The van der Waals surface area contributed by atoms with Gasteiger partial charge in [-0.3, -0.25) is 4.79 Å². The van der Waals surface area contributed by atoms with Crippen molar-refractivity contribution < 1.29 is 9.21 Å². The number of tetrazole rings is 1. The van der Waals surface area contributed by atoms with E-state index in [0.29, 0.717) is 48.2 Å². The van der Waals surface area contributed by atoms with Crippen LogP contribution < -0.4 is 0 Å². The molecule has 1 aliphatic heterocycles. The molecule has 3 heterocycles. The smallest absolute Gasteiger partial charge is 0.246 e. The summed E-state index contributed by atoms with van der Waals surface area (Å²) in [7, 11) is 0. The third kappa shape index (κ3) is 5.35. The van der Waals surface area contributed by atoms with Crippen molar-refractivity contribution in [1.29, 1.82) is 0 Å². The second-order valence-corrected chi connectivity index (χ2v) is 8.11. The summed E-state index contributed by atoms with van der Waals surface area (Å²) < 4.78 is 5.47. The van der Waals surface area contributed by atoms with Gasteiger partial charge < -0.3 is 9.32 Å². The number of likely N-dealkylation sites (tertiary alicyclic amines) is 1. The molecule has 0 N–H and O–H groups in total. The molecule has 0 spiro atoms. The summed E-state index contributed by atoms with van der Waals surface area (Å²) in [5, 5.41) is 20.6.